The van der Waals surface area contributed by atoms with Gasteiger partial charge in [-0.1, -0.05) is 23.2 Å². The van der Waals surface area contributed by atoms with Gasteiger partial charge in [-0.2, -0.15) is 0 Å². The lowest BCUT2D eigenvalue weighted by molar-refractivity contribution is -0.116. The van der Waals surface area contributed by atoms with Gasteiger partial charge in [0.05, 0.1) is 10.7 Å². The minimum absolute atomic E-state index is 0. The molecule has 1 amide bonds. The number of nitrogens with two attached hydrogens (primary N) is 1. The molecule has 0 saturated heterocycles. The molecule has 22 heavy (non-hydrogen) atoms. The molecule has 2 rings (SSSR count). The van der Waals surface area contributed by atoms with E-state index in [1.165, 1.54) is 0 Å². The Labute approximate surface area is 145 Å². The van der Waals surface area contributed by atoms with Gasteiger partial charge in [-0.15, -0.1) is 17.5 Å². The maximum atomic E-state index is 11.7. The molecule has 0 aliphatic heterocycles. The standard InChI is InChI=1S/C14H16Cl2N4O.ClH/c1-8(17)5-14(21)18-13-6-9(2)20(19-13)12-4-3-10(15)7-11(12)16;/h3-4,6-8H,5,17H2,1-2H3,(H,18,19,21);1H. The highest BCUT2D eigenvalue weighted by molar-refractivity contribution is 6.35. The molecule has 1 heterocycles. The number of hydrogen-bond donors (Lipinski definition) is 2. The lowest BCUT2D eigenvalue weighted by atomic mass is 10.2. The van der Waals surface area contributed by atoms with Crippen LogP contribution < -0.4 is 11.1 Å². The zero-order valence-electron chi connectivity index (χ0n) is 12.1. The number of halogens is 3. The normalized spacial score (nSPS) is 11.7. The topological polar surface area (TPSA) is 72.9 Å². The molecular weight excluding hydrogens is 347 g/mol. The molecule has 1 aromatic heterocycles. The van der Waals surface area contributed by atoms with Crippen molar-refractivity contribution < 1.29 is 4.79 Å². The van der Waals surface area contributed by atoms with Gasteiger partial charge in [0.25, 0.3) is 0 Å². The fourth-order valence-corrected chi connectivity index (χ4v) is 2.41. The van der Waals surface area contributed by atoms with Crippen molar-refractivity contribution in [2.45, 2.75) is 26.3 Å². The summed E-state index contributed by atoms with van der Waals surface area (Å²) in [5.74, 6) is 0.293. The summed E-state index contributed by atoms with van der Waals surface area (Å²) in [6, 6.07) is 6.73. The molecule has 0 aliphatic rings. The van der Waals surface area contributed by atoms with Crippen molar-refractivity contribution in [2.75, 3.05) is 5.32 Å². The van der Waals surface area contributed by atoms with Crippen LogP contribution in [0.15, 0.2) is 24.3 Å². The number of benzene rings is 1. The van der Waals surface area contributed by atoms with Gasteiger partial charge >= 0.3 is 0 Å². The number of anilines is 1. The Morgan fingerprint density at radius 3 is 2.68 bits per heavy atom. The average molecular weight is 364 g/mol. The van der Waals surface area contributed by atoms with Crippen molar-refractivity contribution in [3.05, 3.63) is 40.0 Å². The van der Waals surface area contributed by atoms with E-state index in [4.69, 9.17) is 28.9 Å². The molecule has 1 unspecified atom stereocenters. The Bertz CT molecular complexity index is 670. The van der Waals surface area contributed by atoms with Crippen molar-refractivity contribution >= 4 is 47.3 Å². The molecule has 0 radical (unpaired) electrons. The zero-order valence-corrected chi connectivity index (χ0v) is 14.5. The maximum Gasteiger partial charge on any atom is 0.227 e. The van der Waals surface area contributed by atoms with Crippen molar-refractivity contribution in [2.24, 2.45) is 5.73 Å². The van der Waals surface area contributed by atoms with Gasteiger partial charge in [-0.25, -0.2) is 4.68 Å². The second kappa shape index (κ2) is 7.83. The first-order valence-electron chi connectivity index (χ1n) is 6.44. The van der Waals surface area contributed by atoms with Crippen LogP contribution >= 0.6 is 35.6 Å². The molecular formula is C14H17Cl3N4O. The van der Waals surface area contributed by atoms with Crippen LogP contribution in [0.3, 0.4) is 0 Å². The number of hydrogen-bond acceptors (Lipinski definition) is 3. The van der Waals surface area contributed by atoms with Crippen LogP contribution in [0.1, 0.15) is 19.0 Å². The van der Waals surface area contributed by atoms with Crippen molar-refractivity contribution in [3.8, 4) is 5.69 Å². The fourth-order valence-electron chi connectivity index (χ4n) is 1.92. The van der Waals surface area contributed by atoms with Crippen LogP contribution in [-0.2, 0) is 4.79 Å². The first-order chi connectivity index (χ1) is 9.86. The molecule has 5 nitrogen and oxygen atoms in total. The Morgan fingerprint density at radius 2 is 2.09 bits per heavy atom. The van der Waals surface area contributed by atoms with Crippen molar-refractivity contribution in [3.63, 3.8) is 0 Å². The van der Waals surface area contributed by atoms with Crippen LogP contribution in [0.25, 0.3) is 5.69 Å². The van der Waals surface area contributed by atoms with Crippen molar-refractivity contribution in [1.82, 2.24) is 9.78 Å². The van der Waals surface area contributed by atoms with E-state index < -0.39 is 0 Å². The predicted molar refractivity (Wildman–Crippen MR) is 92.5 cm³/mol. The van der Waals surface area contributed by atoms with E-state index in [0.717, 1.165) is 5.69 Å². The Kier molecular flexibility index (Phi) is 6.68. The second-order valence-electron chi connectivity index (χ2n) is 4.91. The van der Waals surface area contributed by atoms with E-state index >= 15 is 0 Å². The summed E-state index contributed by atoms with van der Waals surface area (Å²) in [6.45, 7) is 3.65. The molecule has 120 valence electrons. The third-order valence-corrected chi connectivity index (χ3v) is 3.34. The fraction of sp³-hybridized carbons (Fsp3) is 0.286. The number of carbonyl (C=O) groups is 1. The van der Waals surface area contributed by atoms with E-state index in [0.29, 0.717) is 21.6 Å². The summed E-state index contributed by atoms with van der Waals surface area (Å²) in [4.78, 5) is 11.7. The maximum absolute atomic E-state index is 11.7. The second-order valence-corrected chi connectivity index (χ2v) is 5.75. The van der Waals surface area contributed by atoms with Gasteiger partial charge in [0.1, 0.15) is 0 Å². The van der Waals surface area contributed by atoms with E-state index in [1.54, 1.807) is 35.9 Å². The summed E-state index contributed by atoms with van der Waals surface area (Å²) in [5.41, 5.74) is 7.13. The van der Waals surface area contributed by atoms with E-state index in [9.17, 15) is 4.79 Å². The molecule has 0 saturated carbocycles. The quantitative estimate of drug-likeness (QED) is 0.872. The third kappa shape index (κ3) is 4.61. The molecule has 1 atom stereocenters. The minimum atomic E-state index is -0.195. The van der Waals surface area contributed by atoms with E-state index in [2.05, 4.69) is 10.4 Å². The summed E-state index contributed by atoms with van der Waals surface area (Å²) in [6.07, 6.45) is 0.244. The number of amides is 1. The number of nitrogens with zero attached hydrogens (tertiary/aromatic N) is 2. The van der Waals surface area contributed by atoms with Crippen molar-refractivity contribution in [1.29, 1.82) is 0 Å². The highest BCUT2D eigenvalue weighted by Crippen LogP contribution is 2.26. The van der Waals surface area contributed by atoms with Gasteiger partial charge in [-0.3, -0.25) is 4.79 Å². The number of rotatable bonds is 4. The zero-order chi connectivity index (χ0) is 15.6. The minimum Gasteiger partial charge on any atom is -0.327 e. The number of nitrogens with one attached hydrogen (secondary N) is 1. The van der Waals surface area contributed by atoms with E-state index in [-0.39, 0.29) is 30.8 Å². The number of aryl methyl sites for hydroxylation is 1. The lowest BCUT2D eigenvalue weighted by Crippen LogP contribution is -2.24. The summed E-state index contributed by atoms with van der Waals surface area (Å²) >= 11 is 12.1. The first kappa shape index (κ1) is 18.8. The Balaban J connectivity index is 0.00000242. The van der Waals surface area contributed by atoms with Crippen LogP contribution in [0, 0.1) is 6.92 Å². The molecule has 0 spiro atoms. The number of carbonyl (C=O) groups excluding carboxylic acids is 1. The van der Waals surface area contributed by atoms with Gasteiger partial charge in [0, 0.05) is 29.2 Å². The highest BCUT2D eigenvalue weighted by atomic mass is 35.5. The van der Waals surface area contributed by atoms with Crippen LogP contribution in [0.4, 0.5) is 5.82 Å². The van der Waals surface area contributed by atoms with Gasteiger partial charge in [0.15, 0.2) is 5.82 Å². The molecule has 8 heteroatoms. The number of aromatic nitrogens is 2. The first-order valence-corrected chi connectivity index (χ1v) is 7.20. The SMILES string of the molecule is Cc1cc(NC(=O)CC(C)N)nn1-c1ccc(Cl)cc1Cl.Cl. The molecule has 0 fully saturated rings. The summed E-state index contributed by atoms with van der Waals surface area (Å²) in [7, 11) is 0. The molecule has 2 aromatic rings. The Hall–Kier alpha value is -1.27. The lowest BCUT2D eigenvalue weighted by Gasteiger charge is -2.07. The van der Waals surface area contributed by atoms with Crippen LogP contribution in [0.2, 0.25) is 10.0 Å². The highest BCUT2D eigenvalue weighted by Gasteiger charge is 2.12. The van der Waals surface area contributed by atoms with Gasteiger partial charge < -0.3 is 11.1 Å². The van der Waals surface area contributed by atoms with Crippen LogP contribution in [0.5, 0.6) is 0 Å². The Morgan fingerprint density at radius 1 is 1.41 bits per heavy atom. The van der Waals surface area contributed by atoms with E-state index in [1.807, 2.05) is 6.92 Å². The molecule has 0 bridgehead atoms. The molecule has 0 aliphatic carbocycles. The smallest absolute Gasteiger partial charge is 0.227 e. The van der Waals surface area contributed by atoms with Crippen LogP contribution in [-0.4, -0.2) is 21.7 Å². The average Bonchev–Trinajstić information content (AvgIpc) is 2.68. The molecule has 1 aromatic carbocycles. The molecule has 3 N–H and O–H groups in total. The van der Waals surface area contributed by atoms with Gasteiger partial charge in [-0.05, 0) is 32.0 Å². The summed E-state index contributed by atoms with van der Waals surface area (Å²) in [5, 5.41) is 8.09. The van der Waals surface area contributed by atoms with Gasteiger partial charge in [0.2, 0.25) is 5.91 Å². The third-order valence-electron chi connectivity index (χ3n) is 2.80. The largest absolute Gasteiger partial charge is 0.327 e. The summed E-state index contributed by atoms with van der Waals surface area (Å²) < 4.78 is 1.65. The predicted octanol–water partition coefficient (Wildman–Crippen LogP) is 3.59. The monoisotopic (exact) mass is 362 g/mol.